The Hall–Kier alpha value is -0.740. The molecule has 0 saturated carbocycles. The van der Waals surface area contributed by atoms with Crippen molar-refractivity contribution in [3.63, 3.8) is 0 Å². The number of alkyl halides is 1. The number of carbonyl (C=O) groups excluding carboxylic acids is 1. The van der Waals surface area contributed by atoms with E-state index in [1.54, 1.807) is 0 Å². The summed E-state index contributed by atoms with van der Waals surface area (Å²) in [6.45, 7) is 0.644. The van der Waals surface area contributed by atoms with E-state index in [1.807, 2.05) is 0 Å². The van der Waals surface area contributed by atoms with Crippen molar-refractivity contribution in [1.82, 2.24) is 0 Å². The van der Waals surface area contributed by atoms with Crippen LogP contribution in [0, 0.1) is 0 Å². The summed E-state index contributed by atoms with van der Waals surface area (Å²) in [7, 11) is -9.04. The van der Waals surface area contributed by atoms with E-state index in [0.717, 1.165) is 0 Å². The van der Waals surface area contributed by atoms with Crippen LogP contribution in [0.15, 0.2) is 0 Å². The van der Waals surface area contributed by atoms with Gasteiger partial charge < -0.3 is 4.18 Å². The van der Waals surface area contributed by atoms with Crippen molar-refractivity contribution in [2.45, 2.75) is 18.8 Å². The number of hydrogen-bond acceptors (Lipinski definition) is 6. The van der Waals surface area contributed by atoms with Crippen LogP contribution >= 0.6 is 0 Å². The second-order valence-electron chi connectivity index (χ2n) is 2.53. The van der Waals surface area contributed by atoms with Gasteiger partial charge in [0.2, 0.25) is 5.50 Å². The summed E-state index contributed by atoms with van der Waals surface area (Å²) in [5.41, 5.74) is -2.40. The van der Waals surface area contributed by atoms with Crippen molar-refractivity contribution < 1.29 is 34.8 Å². The quantitative estimate of drug-likeness (QED) is 0.523. The van der Waals surface area contributed by atoms with Crippen LogP contribution in [0.5, 0.6) is 0 Å². The van der Waals surface area contributed by atoms with E-state index in [2.05, 4.69) is 4.18 Å². The SMILES string of the molecule is CC(F)S(=O)(=O)OC(=O)CCS(=O)(=O)O. The molecule has 90 valence electrons. The third-order valence-electron chi connectivity index (χ3n) is 1.17. The minimum Gasteiger partial charge on any atom is -0.344 e. The highest BCUT2D eigenvalue weighted by molar-refractivity contribution is 7.87. The van der Waals surface area contributed by atoms with E-state index >= 15 is 0 Å². The van der Waals surface area contributed by atoms with E-state index in [0.29, 0.717) is 6.92 Å². The van der Waals surface area contributed by atoms with Gasteiger partial charge in [0.1, 0.15) is 0 Å². The molecule has 1 atom stereocenters. The second kappa shape index (κ2) is 4.86. The highest BCUT2D eigenvalue weighted by atomic mass is 32.2. The maximum atomic E-state index is 12.3. The summed E-state index contributed by atoms with van der Waals surface area (Å²) in [6, 6.07) is 0. The Bertz CT molecular complexity index is 420. The number of hydrogen-bond donors (Lipinski definition) is 1. The van der Waals surface area contributed by atoms with Crippen LogP contribution in [0.1, 0.15) is 13.3 Å². The molecule has 0 spiro atoms. The fraction of sp³-hybridized carbons (Fsp3) is 0.800. The van der Waals surface area contributed by atoms with Crippen LogP contribution in [0.4, 0.5) is 4.39 Å². The zero-order chi connectivity index (χ0) is 12.3. The van der Waals surface area contributed by atoms with E-state index < -0.39 is 43.9 Å². The molecule has 0 aliphatic rings. The van der Waals surface area contributed by atoms with Gasteiger partial charge in [-0.2, -0.15) is 16.8 Å². The minimum atomic E-state index is -4.66. The van der Waals surface area contributed by atoms with Gasteiger partial charge in [-0.3, -0.25) is 9.35 Å². The molecule has 7 nitrogen and oxygen atoms in total. The van der Waals surface area contributed by atoms with Gasteiger partial charge in [-0.25, -0.2) is 4.39 Å². The molecule has 1 N–H and O–H groups in total. The van der Waals surface area contributed by atoms with Crippen molar-refractivity contribution in [3.8, 4) is 0 Å². The van der Waals surface area contributed by atoms with E-state index in [4.69, 9.17) is 4.55 Å². The first-order valence-corrected chi connectivity index (χ1v) is 6.68. The summed E-state index contributed by atoms with van der Waals surface area (Å²) in [5, 5.41) is 0. The van der Waals surface area contributed by atoms with Gasteiger partial charge in [-0.05, 0) is 6.92 Å². The summed E-state index contributed by atoms with van der Waals surface area (Å²) in [5.74, 6) is -2.43. The Balaban J connectivity index is 4.30. The summed E-state index contributed by atoms with van der Waals surface area (Å²) in [4.78, 5) is 10.7. The molecule has 0 aliphatic carbocycles. The molecule has 15 heavy (non-hydrogen) atoms. The fourth-order valence-corrected chi connectivity index (χ4v) is 1.35. The monoisotopic (exact) mass is 264 g/mol. The van der Waals surface area contributed by atoms with Gasteiger partial charge in [0.15, 0.2) is 0 Å². The lowest BCUT2D eigenvalue weighted by Gasteiger charge is -2.04. The Labute approximate surface area is 86.1 Å². The maximum Gasteiger partial charge on any atom is 0.344 e. The van der Waals surface area contributed by atoms with Crippen LogP contribution < -0.4 is 0 Å². The van der Waals surface area contributed by atoms with Crippen molar-refractivity contribution in [3.05, 3.63) is 0 Å². The van der Waals surface area contributed by atoms with Gasteiger partial charge in [0, 0.05) is 0 Å². The molecule has 0 heterocycles. The van der Waals surface area contributed by atoms with E-state index in [1.165, 1.54) is 0 Å². The maximum absolute atomic E-state index is 12.3. The number of rotatable bonds is 5. The van der Waals surface area contributed by atoms with Crippen molar-refractivity contribution in [1.29, 1.82) is 0 Å². The lowest BCUT2D eigenvalue weighted by atomic mass is 10.5. The molecule has 10 heteroatoms. The molecule has 0 amide bonds. The molecule has 0 aliphatic heterocycles. The van der Waals surface area contributed by atoms with Crippen molar-refractivity contribution >= 4 is 26.2 Å². The molecule has 1 unspecified atom stereocenters. The molecular weight excluding hydrogens is 255 g/mol. The Morgan fingerprint density at radius 2 is 1.87 bits per heavy atom. The normalized spacial score (nSPS) is 14.6. The van der Waals surface area contributed by atoms with Crippen LogP contribution in [-0.2, 0) is 29.2 Å². The van der Waals surface area contributed by atoms with Crippen molar-refractivity contribution in [2.24, 2.45) is 0 Å². The van der Waals surface area contributed by atoms with Crippen LogP contribution in [0.25, 0.3) is 0 Å². The highest BCUT2D eigenvalue weighted by Gasteiger charge is 2.25. The fourth-order valence-electron chi connectivity index (χ4n) is 0.450. The van der Waals surface area contributed by atoms with Crippen LogP contribution in [0.3, 0.4) is 0 Å². The standard InChI is InChI=1S/C5H9FO7S2/c1-4(6)15(11,12)13-5(7)2-3-14(8,9)10/h4H,2-3H2,1H3,(H,8,9,10). The highest BCUT2D eigenvalue weighted by Crippen LogP contribution is 2.06. The predicted octanol–water partition coefficient (Wildman–Crippen LogP) is -0.547. The zero-order valence-electron chi connectivity index (χ0n) is 7.58. The first-order valence-electron chi connectivity index (χ1n) is 3.60. The summed E-state index contributed by atoms with van der Waals surface area (Å²) >= 11 is 0. The third-order valence-corrected chi connectivity index (χ3v) is 3.10. The molecule has 0 aromatic heterocycles. The van der Waals surface area contributed by atoms with Crippen LogP contribution in [0.2, 0.25) is 0 Å². The second-order valence-corrected chi connectivity index (χ2v) is 5.90. The van der Waals surface area contributed by atoms with Crippen molar-refractivity contribution in [2.75, 3.05) is 5.75 Å². The molecule has 0 fully saturated rings. The topological polar surface area (TPSA) is 115 Å². The Morgan fingerprint density at radius 3 is 2.20 bits per heavy atom. The molecule has 0 saturated heterocycles. The van der Waals surface area contributed by atoms with Gasteiger partial charge in [-0.1, -0.05) is 0 Å². The number of halogens is 1. The van der Waals surface area contributed by atoms with Gasteiger partial charge in [0.25, 0.3) is 10.1 Å². The summed E-state index contributed by atoms with van der Waals surface area (Å²) in [6.07, 6.45) is -0.870. The van der Waals surface area contributed by atoms with Gasteiger partial charge >= 0.3 is 16.1 Å². The molecule has 0 rings (SSSR count). The Morgan fingerprint density at radius 1 is 1.40 bits per heavy atom. The third kappa shape index (κ3) is 6.36. The summed E-state index contributed by atoms with van der Waals surface area (Å²) < 4.78 is 65.8. The predicted molar refractivity (Wildman–Crippen MR) is 46.6 cm³/mol. The molecule has 0 aromatic rings. The van der Waals surface area contributed by atoms with E-state index in [-0.39, 0.29) is 0 Å². The molecule has 0 radical (unpaired) electrons. The van der Waals surface area contributed by atoms with E-state index in [9.17, 15) is 26.0 Å². The smallest absolute Gasteiger partial charge is 0.344 e. The lowest BCUT2D eigenvalue weighted by Crippen LogP contribution is -2.21. The van der Waals surface area contributed by atoms with Gasteiger partial charge in [0.05, 0.1) is 12.2 Å². The molecule has 0 aromatic carbocycles. The van der Waals surface area contributed by atoms with Crippen LogP contribution in [-0.4, -0.2) is 38.6 Å². The molecular formula is C5H9FO7S2. The average molecular weight is 264 g/mol. The number of carbonyl (C=O) groups is 1. The lowest BCUT2D eigenvalue weighted by molar-refractivity contribution is -0.133. The first-order chi connectivity index (χ1) is 6.54. The Kier molecular flexibility index (Phi) is 4.62. The minimum absolute atomic E-state index is 0.644. The average Bonchev–Trinajstić information content (AvgIpc) is 1.98. The molecule has 0 bridgehead atoms. The first kappa shape index (κ1) is 14.3. The van der Waals surface area contributed by atoms with Gasteiger partial charge in [-0.15, -0.1) is 0 Å². The zero-order valence-corrected chi connectivity index (χ0v) is 9.22. The largest absolute Gasteiger partial charge is 0.344 e.